The Hall–Kier alpha value is -2.60. The van der Waals surface area contributed by atoms with Crippen molar-refractivity contribution in [1.82, 2.24) is 4.57 Å². The molecule has 5 nitrogen and oxygen atoms in total. The number of amides is 1. The summed E-state index contributed by atoms with van der Waals surface area (Å²) in [6.45, 7) is 5.86. The van der Waals surface area contributed by atoms with Crippen molar-refractivity contribution in [3.05, 3.63) is 57.2 Å². The van der Waals surface area contributed by atoms with E-state index < -0.39 is 0 Å². The standard InChI is InChI=1S/C19H20N2O3S/c1-11(2)21-15-7-6-14(10-17(15)25-19(21)23)20-18(22)13-5-8-16(24-4)12(3)9-13/h5-11H,1-4H3,(H,20,22). The Balaban J connectivity index is 1.89. The molecular weight excluding hydrogens is 336 g/mol. The number of aryl methyl sites for hydroxylation is 1. The van der Waals surface area contributed by atoms with Crippen LogP contribution >= 0.6 is 11.3 Å². The highest BCUT2D eigenvalue weighted by Gasteiger charge is 2.13. The third-order valence-corrected chi connectivity index (χ3v) is 4.96. The highest BCUT2D eigenvalue weighted by Crippen LogP contribution is 2.25. The van der Waals surface area contributed by atoms with Gasteiger partial charge in [-0.1, -0.05) is 11.3 Å². The SMILES string of the molecule is COc1ccc(C(=O)Nc2ccc3c(c2)sc(=O)n3C(C)C)cc1C. The number of methoxy groups -OCH3 is 1. The maximum Gasteiger partial charge on any atom is 0.308 e. The topological polar surface area (TPSA) is 60.3 Å². The number of benzene rings is 2. The van der Waals surface area contributed by atoms with Crippen LogP contribution in [-0.4, -0.2) is 17.6 Å². The van der Waals surface area contributed by atoms with E-state index in [1.807, 2.05) is 39.0 Å². The number of nitrogens with one attached hydrogen (secondary N) is 1. The lowest BCUT2D eigenvalue weighted by Gasteiger charge is -2.10. The molecule has 25 heavy (non-hydrogen) atoms. The van der Waals surface area contributed by atoms with Crippen molar-refractivity contribution in [1.29, 1.82) is 0 Å². The van der Waals surface area contributed by atoms with Gasteiger partial charge in [-0.2, -0.15) is 0 Å². The summed E-state index contributed by atoms with van der Waals surface area (Å²) >= 11 is 1.19. The fraction of sp³-hybridized carbons (Fsp3) is 0.263. The van der Waals surface area contributed by atoms with Gasteiger partial charge in [-0.3, -0.25) is 14.2 Å². The van der Waals surface area contributed by atoms with Gasteiger partial charge < -0.3 is 10.1 Å². The molecule has 0 bridgehead atoms. The molecule has 1 heterocycles. The summed E-state index contributed by atoms with van der Waals surface area (Å²) in [6.07, 6.45) is 0. The zero-order valence-electron chi connectivity index (χ0n) is 14.6. The molecule has 0 aliphatic carbocycles. The first-order valence-corrected chi connectivity index (χ1v) is 8.83. The van der Waals surface area contributed by atoms with Crippen molar-refractivity contribution >= 4 is 33.1 Å². The van der Waals surface area contributed by atoms with E-state index in [1.54, 1.807) is 29.9 Å². The quantitative estimate of drug-likeness (QED) is 0.762. The number of hydrogen-bond donors (Lipinski definition) is 1. The van der Waals surface area contributed by atoms with Crippen molar-refractivity contribution in [3.63, 3.8) is 0 Å². The second-order valence-electron chi connectivity index (χ2n) is 6.15. The van der Waals surface area contributed by atoms with E-state index in [-0.39, 0.29) is 16.8 Å². The van der Waals surface area contributed by atoms with Crippen LogP contribution in [0.25, 0.3) is 10.2 Å². The average molecular weight is 356 g/mol. The molecule has 3 aromatic rings. The van der Waals surface area contributed by atoms with Gasteiger partial charge in [0.15, 0.2) is 0 Å². The fourth-order valence-corrected chi connectivity index (χ4v) is 3.88. The van der Waals surface area contributed by atoms with Crippen LogP contribution in [0.4, 0.5) is 5.69 Å². The number of carbonyl (C=O) groups is 1. The Morgan fingerprint density at radius 1 is 1.20 bits per heavy atom. The van der Waals surface area contributed by atoms with Crippen molar-refractivity contribution < 1.29 is 9.53 Å². The summed E-state index contributed by atoms with van der Waals surface area (Å²) in [5, 5.41) is 2.89. The van der Waals surface area contributed by atoms with Crippen LogP contribution in [0.15, 0.2) is 41.2 Å². The van der Waals surface area contributed by atoms with Crippen molar-refractivity contribution in [2.75, 3.05) is 12.4 Å². The van der Waals surface area contributed by atoms with E-state index >= 15 is 0 Å². The summed E-state index contributed by atoms with van der Waals surface area (Å²) in [5.74, 6) is 0.554. The summed E-state index contributed by atoms with van der Waals surface area (Å²) < 4.78 is 7.84. The third kappa shape index (κ3) is 3.30. The minimum Gasteiger partial charge on any atom is -0.496 e. The van der Waals surface area contributed by atoms with Crippen molar-refractivity contribution in [3.8, 4) is 5.75 Å². The highest BCUT2D eigenvalue weighted by molar-refractivity contribution is 7.16. The van der Waals surface area contributed by atoms with E-state index in [9.17, 15) is 9.59 Å². The predicted molar refractivity (Wildman–Crippen MR) is 102 cm³/mol. The number of hydrogen-bond acceptors (Lipinski definition) is 4. The Morgan fingerprint density at radius 3 is 2.60 bits per heavy atom. The molecule has 0 radical (unpaired) electrons. The molecule has 0 aliphatic rings. The molecule has 6 heteroatoms. The smallest absolute Gasteiger partial charge is 0.308 e. The normalized spacial score (nSPS) is 11.1. The van der Waals surface area contributed by atoms with E-state index in [0.29, 0.717) is 11.3 Å². The van der Waals surface area contributed by atoms with E-state index in [2.05, 4.69) is 5.32 Å². The molecule has 2 aromatic carbocycles. The van der Waals surface area contributed by atoms with Gasteiger partial charge in [0, 0.05) is 17.3 Å². The van der Waals surface area contributed by atoms with Gasteiger partial charge in [0.1, 0.15) is 5.75 Å². The number of rotatable bonds is 4. The minimum atomic E-state index is -0.194. The maximum absolute atomic E-state index is 12.5. The number of anilines is 1. The molecule has 1 N–H and O–H groups in total. The van der Waals surface area contributed by atoms with Gasteiger partial charge in [0.25, 0.3) is 5.91 Å². The lowest BCUT2D eigenvalue weighted by molar-refractivity contribution is 0.102. The van der Waals surface area contributed by atoms with Crippen LogP contribution in [0.2, 0.25) is 0 Å². The molecular formula is C19H20N2O3S. The van der Waals surface area contributed by atoms with Crippen LogP contribution in [0.3, 0.4) is 0 Å². The molecule has 0 aliphatic heterocycles. The minimum absolute atomic E-state index is 0.0132. The summed E-state index contributed by atoms with van der Waals surface area (Å²) in [6, 6.07) is 10.9. The molecule has 3 rings (SSSR count). The van der Waals surface area contributed by atoms with Crippen molar-refractivity contribution in [2.24, 2.45) is 0 Å². The Bertz CT molecular complexity index is 1000. The lowest BCUT2D eigenvalue weighted by atomic mass is 10.1. The number of ether oxygens (including phenoxy) is 1. The first-order valence-electron chi connectivity index (χ1n) is 8.02. The fourth-order valence-electron chi connectivity index (χ4n) is 2.83. The van der Waals surface area contributed by atoms with Crippen LogP contribution in [0.5, 0.6) is 5.75 Å². The monoisotopic (exact) mass is 356 g/mol. The molecule has 0 saturated carbocycles. The summed E-state index contributed by atoms with van der Waals surface area (Å²) in [4.78, 5) is 24.6. The number of thiazole rings is 1. The van der Waals surface area contributed by atoms with Crippen LogP contribution < -0.4 is 14.9 Å². The number of carbonyl (C=O) groups excluding carboxylic acids is 1. The second kappa shape index (κ2) is 6.72. The number of nitrogens with zero attached hydrogens (tertiary/aromatic N) is 1. The largest absolute Gasteiger partial charge is 0.496 e. The lowest BCUT2D eigenvalue weighted by Crippen LogP contribution is -2.14. The Morgan fingerprint density at radius 2 is 1.96 bits per heavy atom. The average Bonchev–Trinajstić information content (AvgIpc) is 2.89. The summed E-state index contributed by atoms with van der Waals surface area (Å²) in [7, 11) is 1.60. The van der Waals surface area contributed by atoms with Crippen LogP contribution in [0.1, 0.15) is 35.8 Å². The number of aromatic nitrogens is 1. The van der Waals surface area contributed by atoms with E-state index in [0.717, 1.165) is 21.5 Å². The molecule has 0 spiro atoms. The van der Waals surface area contributed by atoms with Crippen molar-refractivity contribution in [2.45, 2.75) is 26.8 Å². The Labute approximate surface area is 149 Å². The van der Waals surface area contributed by atoms with Gasteiger partial charge in [-0.25, -0.2) is 0 Å². The van der Waals surface area contributed by atoms with E-state index in [1.165, 1.54) is 11.3 Å². The highest BCUT2D eigenvalue weighted by atomic mass is 32.1. The predicted octanol–water partition coefficient (Wildman–Crippen LogP) is 4.21. The molecule has 130 valence electrons. The summed E-state index contributed by atoms with van der Waals surface area (Å²) in [5.41, 5.74) is 3.02. The number of fused-ring (bicyclic) bond motifs is 1. The van der Waals surface area contributed by atoms with Gasteiger partial charge in [0.2, 0.25) is 0 Å². The zero-order chi connectivity index (χ0) is 18.1. The van der Waals surface area contributed by atoms with E-state index in [4.69, 9.17) is 4.74 Å². The Kier molecular flexibility index (Phi) is 4.63. The first-order chi connectivity index (χ1) is 11.9. The second-order valence-corrected chi connectivity index (χ2v) is 7.15. The van der Waals surface area contributed by atoms with Crippen LogP contribution in [-0.2, 0) is 0 Å². The van der Waals surface area contributed by atoms with Crippen LogP contribution in [0, 0.1) is 6.92 Å². The molecule has 0 fully saturated rings. The molecule has 0 atom stereocenters. The molecule has 1 amide bonds. The molecule has 1 aromatic heterocycles. The zero-order valence-corrected chi connectivity index (χ0v) is 15.4. The van der Waals surface area contributed by atoms with Gasteiger partial charge in [-0.05, 0) is 62.7 Å². The van der Waals surface area contributed by atoms with Gasteiger partial charge in [-0.15, -0.1) is 0 Å². The molecule has 0 saturated heterocycles. The molecule has 0 unspecified atom stereocenters. The first kappa shape index (κ1) is 17.2. The third-order valence-electron chi connectivity index (χ3n) is 4.04. The maximum atomic E-state index is 12.5. The van der Waals surface area contributed by atoms with Gasteiger partial charge in [0.05, 0.1) is 17.3 Å². The van der Waals surface area contributed by atoms with Gasteiger partial charge >= 0.3 is 4.87 Å².